The molecule has 0 bridgehead atoms. The second-order valence-electron chi connectivity index (χ2n) is 10.4. The third-order valence-electron chi connectivity index (χ3n) is 7.81. The number of anilines is 1. The van der Waals surface area contributed by atoms with Gasteiger partial charge in [0.05, 0.1) is 22.9 Å². The van der Waals surface area contributed by atoms with E-state index in [2.05, 4.69) is 22.6 Å². The standard InChI is InChI=1S/C26H31F3N4O2/c1-14(16-8-5-9-20(23(16)27)26(2,28)29)30-25(35)19-13-33(15-6-4-7-15)22(34)10-21(19)31-24-17-11-32(3)12-18(17)24/h5,8-10,13-15,17-18,24,31H,4,6-7,11-12H2,1-3H3,(H,30,35)/t14-,17-,18+,24?/m1/s1. The van der Waals surface area contributed by atoms with Crippen molar-refractivity contribution < 1.29 is 18.0 Å². The predicted octanol–water partition coefficient (Wildman–Crippen LogP) is 4.29. The van der Waals surface area contributed by atoms with E-state index in [0.29, 0.717) is 30.0 Å². The van der Waals surface area contributed by atoms with Crippen LogP contribution in [0.3, 0.4) is 0 Å². The first kappa shape index (κ1) is 23.9. The molecule has 5 rings (SSSR count). The van der Waals surface area contributed by atoms with Gasteiger partial charge in [-0.05, 0) is 45.1 Å². The summed E-state index contributed by atoms with van der Waals surface area (Å²) in [5, 5.41) is 6.17. The average molecular weight is 489 g/mol. The minimum Gasteiger partial charge on any atom is -0.381 e. The van der Waals surface area contributed by atoms with Crippen molar-refractivity contribution in [3.63, 3.8) is 0 Å². The molecule has 0 radical (unpaired) electrons. The van der Waals surface area contributed by atoms with Crippen LogP contribution >= 0.6 is 0 Å². The molecule has 1 unspecified atom stereocenters. The number of alkyl halides is 2. The second-order valence-corrected chi connectivity index (χ2v) is 10.4. The summed E-state index contributed by atoms with van der Waals surface area (Å²) in [4.78, 5) is 28.5. The summed E-state index contributed by atoms with van der Waals surface area (Å²) in [5.74, 6) is -3.88. The van der Waals surface area contributed by atoms with E-state index < -0.39 is 29.3 Å². The lowest BCUT2D eigenvalue weighted by Gasteiger charge is -2.29. The zero-order valence-electron chi connectivity index (χ0n) is 20.2. The molecule has 1 amide bonds. The molecular formula is C26H31F3N4O2. The van der Waals surface area contributed by atoms with Crippen LogP contribution in [0.15, 0.2) is 35.3 Å². The van der Waals surface area contributed by atoms with Gasteiger partial charge in [0.15, 0.2) is 0 Å². The molecule has 4 atom stereocenters. The van der Waals surface area contributed by atoms with Crippen LogP contribution < -0.4 is 16.2 Å². The number of hydrogen-bond donors (Lipinski definition) is 2. The fourth-order valence-electron chi connectivity index (χ4n) is 5.50. The average Bonchev–Trinajstić information content (AvgIpc) is 3.18. The van der Waals surface area contributed by atoms with Gasteiger partial charge >= 0.3 is 0 Å². The van der Waals surface area contributed by atoms with Crippen molar-refractivity contribution in [2.24, 2.45) is 11.8 Å². The molecule has 1 saturated heterocycles. The van der Waals surface area contributed by atoms with Crippen LogP contribution in [0.1, 0.15) is 66.7 Å². The van der Waals surface area contributed by atoms with Crippen LogP contribution in [0.2, 0.25) is 0 Å². The monoisotopic (exact) mass is 488 g/mol. The normalized spacial score (nSPS) is 25.0. The number of halogens is 3. The number of fused-ring (bicyclic) bond motifs is 1. The van der Waals surface area contributed by atoms with Crippen molar-refractivity contribution in [1.82, 2.24) is 14.8 Å². The molecule has 1 aliphatic heterocycles. The molecule has 6 nitrogen and oxygen atoms in total. The maximum atomic E-state index is 14.9. The quantitative estimate of drug-likeness (QED) is 0.611. The van der Waals surface area contributed by atoms with Gasteiger partial charge in [-0.3, -0.25) is 9.59 Å². The zero-order valence-corrected chi connectivity index (χ0v) is 20.2. The lowest BCUT2D eigenvalue weighted by molar-refractivity contribution is 0.0135. The van der Waals surface area contributed by atoms with Crippen LogP contribution in [-0.4, -0.2) is 41.6 Å². The van der Waals surface area contributed by atoms with Gasteiger partial charge in [0.1, 0.15) is 5.82 Å². The summed E-state index contributed by atoms with van der Waals surface area (Å²) >= 11 is 0. The fraction of sp³-hybridized carbons (Fsp3) is 0.538. The highest BCUT2D eigenvalue weighted by molar-refractivity contribution is 5.99. The van der Waals surface area contributed by atoms with E-state index in [1.54, 1.807) is 17.7 Å². The maximum Gasteiger partial charge on any atom is 0.273 e. The number of aromatic nitrogens is 1. The highest BCUT2D eigenvalue weighted by Crippen LogP contribution is 2.47. The number of amides is 1. The summed E-state index contributed by atoms with van der Waals surface area (Å²) in [6, 6.07) is 4.70. The summed E-state index contributed by atoms with van der Waals surface area (Å²) in [5.41, 5.74) is -0.111. The first-order valence-electron chi connectivity index (χ1n) is 12.2. The zero-order chi connectivity index (χ0) is 25.1. The molecule has 2 saturated carbocycles. The number of hydrogen-bond acceptors (Lipinski definition) is 4. The third kappa shape index (κ3) is 4.46. The van der Waals surface area contributed by atoms with E-state index in [1.807, 2.05) is 0 Å². The van der Waals surface area contributed by atoms with Gasteiger partial charge in [-0.25, -0.2) is 13.2 Å². The first-order chi connectivity index (χ1) is 16.5. The first-order valence-corrected chi connectivity index (χ1v) is 12.2. The van der Waals surface area contributed by atoms with Gasteiger partial charge in [-0.15, -0.1) is 0 Å². The van der Waals surface area contributed by atoms with Crippen LogP contribution in [0.25, 0.3) is 0 Å². The highest BCUT2D eigenvalue weighted by Gasteiger charge is 2.55. The van der Waals surface area contributed by atoms with Crippen molar-refractivity contribution >= 4 is 11.6 Å². The number of likely N-dealkylation sites (tertiary alicyclic amines) is 1. The number of carbonyl (C=O) groups is 1. The van der Waals surface area contributed by atoms with Gasteiger partial charge < -0.3 is 20.1 Å². The summed E-state index contributed by atoms with van der Waals surface area (Å²) in [7, 11) is 2.08. The molecule has 188 valence electrons. The molecule has 2 N–H and O–H groups in total. The lowest BCUT2D eigenvalue weighted by Crippen LogP contribution is -2.34. The van der Waals surface area contributed by atoms with Crippen molar-refractivity contribution in [3.8, 4) is 0 Å². The Morgan fingerprint density at radius 3 is 2.49 bits per heavy atom. The molecule has 1 aromatic carbocycles. The Labute approximate surface area is 202 Å². The number of rotatable bonds is 7. The topological polar surface area (TPSA) is 66.4 Å². The van der Waals surface area contributed by atoms with Crippen molar-refractivity contribution in [3.05, 3.63) is 63.3 Å². The highest BCUT2D eigenvalue weighted by atomic mass is 19.3. The minimum absolute atomic E-state index is 0.0149. The predicted molar refractivity (Wildman–Crippen MR) is 127 cm³/mol. The van der Waals surface area contributed by atoms with Crippen molar-refractivity contribution in [2.45, 2.75) is 57.2 Å². The number of carbonyl (C=O) groups excluding carboxylic acids is 1. The Kier molecular flexibility index (Phi) is 5.94. The maximum absolute atomic E-state index is 14.9. The third-order valence-corrected chi connectivity index (χ3v) is 7.81. The fourth-order valence-corrected chi connectivity index (χ4v) is 5.50. The van der Waals surface area contributed by atoms with Crippen LogP contribution in [0.4, 0.5) is 18.9 Å². The smallest absolute Gasteiger partial charge is 0.273 e. The Morgan fingerprint density at radius 1 is 1.20 bits per heavy atom. The van der Waals surface area contributed by atoms with E-state index in [1.165, 1.54) is 18.2 Å². The number of piperidine rings is 1. The number of pyridine rings is 1. The lowest BCUT2D eigenvalue weighted by atomic mass is 9.92. The van der Waals surface area contributed by atoms with Gasteiger partial charge in [0.2, 0.25) is 0 Å². The molecule has 1 aromatic heterocycles. The van der Waals surface area contributed by atoms with E-state index in [9.17, 15) is 22.8 Å². The van der Waals surface area contributed by atoms with Gasteiger partial charge in [0, 0.05) is 49.9 Å². The number of benzene rings is 1. The van der Waals surface area contributed by atoms with Crippen LogP contribution in [0.5, 0.6) is 0 Å². The largest absolute Gasteiger partial charge is 0.381 e. The molecule has 9 heteroatoms. The minimum atomic E-state index is -3.34. The van der Waals surface area contributed by atoms with E-state index >= 15 is 0 Å². The number of nitrogens with one attached hydrogen (secondary N) is 2. The van der Waals surface area contributed by atoms with E-state index in [4.69, 9.17) is 0 Å². The summed E-state index contributed by atoms with van der Waals surface area (Å²) < 4.78 is 44.1. The number of nitrogens with zero attached hydrogens (tertiary/aromatic N) is 2. The Balaban J connectivity index is 1.42. The van der Waals surface area contributed by atoms with Crippen molar-refractivity contribution in [2.75, 3.05) is 25.5 Å². The molecule has 2 aromatic rings. The molecule has 35 heavy (non-hydrogen) atoms. The van der Waals surface area contributed by atoms with E-state index in [0.717, 1.165) is 38.4 Å². The van der Waals surface area contributed by atoms with E-state index in [-0.39, 0.29) is 23.2 Å². The SMILES string of the molecule is C[C@@H](NC(=O)c1cn(C2CCC2)c(=O)cc1NC1[C@H]2CN(C)C[C@@H]12)c1cccc(C(C)(F)F)c1F. The molecule has 2 heterocycles. The van der Waals surface area contributed by atoms with Gasteiger partial charge in [-0.2, -0.15) is 0 Å². The Hall–Kier alpha value is -2.81. The summed E-state index contributed by atoms with van der Waals surface area (Å²) in [6.45, 7) is 4.14. The van der Waals surface area contributed by atoms with Gasteiger partial charge in [0.25, 0.3) is 17.4 Å². The molecule has 2 aliphatic carbocycles. The molecular weight excluding hydrogens is 457 g/mol. The molecule has 3 aliphatic rings. The Morgan fingerprint density at radius 2 is 1.89 bits per heavy atom. The van der Waals surface area contributed by atoms with Crippen molar-refractivity contribution in [1.29, 1.82) is 0 Å². The molecule has 0 spiro atoms. The summed E-state index contributed by atoms with van der Waals surface area (Å²) in [6.07, 6.45) is 4.39. The van der Waals surface area contributed by atoms with Crippen LogP contribution in [-0.2, 0) is 5.92 Å². The van der Waals surface area contributed by atoms with Gasteiger partial charge in [-0.1, -0.05) is 18.2 Å². The Bertz CT molecular complexity index is 1190. The van der Waals surface area contributed by atoms with Crippen LogP contribution in [0, 0.1) is 17.7 Å². The second kappa shape index (κ2) is 8.69. The molecule has 3 fully saturated rings.